The molecule has 0 radical (unpaired) electrons. The van der Waals surface area contributed by atoms with Gasteiger partial charge in [0.1, 0.15) is 24.3 Å². The molecule has 0 spiro atoms. The number of carbonyl (C=O) groups excluding carboxylic acids is 1. The Morgan fingerprint density at radius 2 is 1.88 bits per heavy atom. The lowest BCUT2D eigenvalue weighted by Crippen LogP contribution is -2.42. The fraction of sp³-hybridized carbons (Fsp3) is 0.148. The number of amides is 1. The standard InChI is InChI=1S/C27H24N2O3/c1-18(2)17-32-24-14-13-19-8-3-4-10-21(19)25(24)26-28-23-12-6-5-11-22(23)27(30)29(26)16-20-9-7-15-31-20/h3-15,26,28H,1,16-17H2,2H3. The van der Waals surface area contributed by atoms with Crippen LogP contribution in [0.15, 0.2) is 95.6 Å². The molecule has 32 heavy (non-hydrogen) atoms. The van der Waals surface area contributed by atoms with E-state index in [0.717, 1.165) is 33.3 Å². The number of fused-ring (bicyclic) bond motifs is 2. The van der Waals surface area contributed by atoms with Gasteiger partial charge in [-0.1, -0.05) is 49.0 Å². The number of nitrogens with one attached hydrogen (secondary N) is 1. The van der Waals surface area contributed by atoms with Crippen molar-refractivity contribution in [3.05, 3.63) is 108 Å². The van der Waals surface area contributed by atoms with Gasteiger partial charge in [0, 0.05) is 11.3 Å². The minimum atomic E-state index is -0.436. The van der Waals surface area contributed by atoms with Crippen molar-refractivity contribution in [3.63, 3.8) is 0 Å². The van der Waals surface area contributed by atoms with Gasteiger partial charge in [-0.3, -0.25) is 4.79 Å². The van der Waals surface area contributed by atoms with Crippen molar-refractivity contribution in [3.8, 4) is 5.75 Å². The van der Waals surface area contributed by atoms with Crippen LogP contribution in [0, 0.1) is 0 Å². The molecule has 5 nitrogen and oxygen atoms in total. The lowest BCUT2D eigenvalue weighted by atomic mass is 9.97. The Balaban J connectivity index is 1.69. The molecule has 1 atom stereocenters. The third-order valence-corrected chi connectivity index (χ3v) is 5.61. The Labute approximate surface area is 186 Å². The van der Waals surface area contributed by atoms with Gasteiger partial charge < -0.3 is 19.4 Å². The molecule has 1 amide bonds. The van der Waals surface area contributed by atoms with E-state index < -0.39 is 6.17 Å². The van der Waals surface area contributed by atoms with Crippen molar-refractivity contribution in [2.45, 2.75) is 19.6 Å². The van der Waals surface area contributed by atoms with Crippen LogP contribution >= 0.6 is 0 Å². The zero-order valence-corrected chi connectivity index (χ0v) is 17.9. The Hall–Kier alpha value is -3.99. The van der Waals surface area contributed by atoms with E-state index in [1.807, 2.05) is 67.6 Å². The maximum absolute atomic E-state index is 13.6. The third-order valence-electron chi connectivity index (χ3n) is 5.61. The summed E-state index contributed by atoms with van der Waals surface area (Å²) in [6.45, 7) is 6.63. The summed E-state index contributed by atoms with van der Waals surface area (Å²) in [6, 6.07) is 23.5. The average molecular weight is 425 g/mol. The topological polar surface area (TPSA) is 54.7 Å². The zero-order chi connectivity index (χ0) is 22.1. The monoisotopic (exact) mass is 424 g/mol. The molecule has 1 N–H and O–H groups in total. The van der Waals surface area contributed by atoms with Crippen LogP contribution < -0.4 is 10.1 Å². The highest BCUT2D eigenvalue weighted by atomic mass is 16.5. The van der Waals surface area contributed by atoms with E-state index in [1.54, 1.807) is 11.2 Å². The van der Waals surface area contributed by atoms with E-state index in [-0.39, 0.29) is 5.91 Å². The van der Waals surface area contributed by atoms with Gasteiger partial charge in [0.05, 0.1) is 18.4 Å². The zero-order valence-electron chi connectivity index (χ0n) is 17.9. The van der Waals surface area contributed by atoms with Gasteiger partial charge in [-0.05, 0) is 53.6 Å². The molecule has 1 aromatic heterocycles. The van der Waals surface area contributed by atoms with Crippen LogP contribution in [0.1, 0.15) is 34.8 Å². The van der Waals surface area contributed by atoms with E-state index in [2.05, 4.69) is 24.0 Å². The number of para-hydroxylation sites is 1. The molecule has 1 unspecified atom stereocenters. The Morgan fingerprint density at radius 3 is 2.69 bits per heavy atom. The van der Waals surface area contributed by atoms with E-state index in [0.29, 0.717) is 24.5 Å². The third kappa shape index (κ3) is 3.62. The van der Waals surface area contributed by atoms with Crippen molar-refractivity contribution in [1.29, 1.82) is 0 Å². The largest absolute Gasteiger partial charge is 0.489 e. The van der Waals surface area contributed by atoms with E-state index >= 15 is 0 Å². The van der Waals surface area contributed by atoms with Crippen molar-refractivity contribution in [1.82, 2.24) is 4.90 Å². The maximum atomic E-state index is 13.6. The highest BCUT2D eigenvalue weighted by Gasteiger charge is 2.36. The van der Waals surface area contributed by atoms with Gasteiger partial charge in [-0.2, -0.15) is 0 Å². The fourth-order valence-corrected chi connectivity index (χ4v) is 4.14. The van der Waals surface area contributed by atoms with Crippen LogP contribution in [0.25, 0.3) is 10.8 Å². The summed E-state index contributed by atoms with van der Waals surface area (Å²) < 4.78 is 11.8. The first-order valence-corrected chi connectivity index (χ1v) is 10.6. The number of anilines is 1. The number of rotatable bonds is 6. The van der Waals surface area contributed by atoms with Crippen LogP contribution in [-0.4, -0.2) is 17.4 Å². The van der Waals surface area contributed by atoms with Gasteiger partial charge in [0.15, 0.2) is 0 Å². The molecule has 5 rings (SSSR count). The number of benzene rings is 3. The molecular formula is C27H24N2O3. The van der Waals surface area contributed by atoms with Gasteiger partial charge in [0.2, 0.25) is 0 Å². The number of hydrogen-bond acceptors (Lipinski definition) is 4. The lowest BCUT2D eigenvalue weighted by molar-refractivity contribution is 0.0650. The molecule has 2 heterocycles. The smallest absolute Gasteiger partial charge is 0.258 e. The number of nitrogens with zero attached hydrogens (tertiary/aromatic N) is 1. The van der Waals surface area contributed by atoms with Crippen molar-refractivity contribution in [2.24, 2.45) is 0 Å². The second-order valence-corrected chi connectivity index (χ2v) is 8.05. The van der Waals surface area contributed by atoms with Crippen LogP contribution in [0.3, 0.4) is 0 Å². The highest BCUT2D eigenvalue weighted by molar-refractivity contribution is 6.02. The van der Waals surface area contributed by atoms with Crippen molar-refractivity contribution >= 4 is 22.4 Å². The summed E-state index contributed by atoms with van der Waals surface area (Å²) in [5.41, 5.74) is 3.28. The predicted octanol–water partition coefficient (Wildman–Crippen LogP) is 6.15. The van der Waals surface area contributed by atoms with E-state index in [1.165, 1.54) is 0 Å². The summed E-state index contributed by atoms with van der Waals surface area (Å²) in [4.78, 5) is 15.4. The molecule has 0 saturated carbocycles. The molecule has 3 aromatic carbocycles. The predicted molar refractivity (Wildman–Crippen MR) is 126 cm³/mol. The molecule has 1 aliphatic heterocycles. The lowest BCUT2D eigenvalue weighted by Gasteiger charge is -2.38. The second-order valence-electron chi connectivity index (χ2n) is 8.05. The fourth-order valence-electron chi connectivity index (χ4n) is 4.14. The molecule has 0 aliphatic carbocycles. The number of carbonyl (C=O) groups is 1. The molecular weight excluding hydrogens is 400 g/mol. The van der Waals surface area contributed by atoms with E-state index in [4.69, 9.17) is 9.15 Å². The van der Waals surface area contributed by atoms with Crippen LogP contribution in [-0.2, 0) is 6.54 Å². The van der Waals surface area contributed by atoms with Crippen LogP contribution in [0.2, 0.25) is 0 Å². The first-order valence-electron chi connectivity index (χ1n) is 10.6. The quantitative estimate of drug-likeness (QED) is 0.377. The molecule has 0 fully saturated rings. The van der Waals surface area contributed by atoms with Gasteiger partial charge >= 0.3 is 0 Å². The Morgan fingerprint density at radius 1 is 1.06 bits per heavy atom. The molecule has 0 bridgehead atoms. The Kier molecular flexibility index (Phi) is 5.15. The molecule has 4 aromatic rings. The summed E-state index contributed by atoms with van der Waals surface area (Å²) in [5.74, 6) is 1.38. The van der Waals surface area contributed by atoms with Gasteiger partial charge in [0.25, 0.3) is 5.91 Å². The van der Waals surface area contributed by atoms with Crippen molar-refractivity contribution < 1.29 is 13.9 Å². The summed E-state index contributed by atoms with van der Waals surface area (Å²) in [7, 11) is 0. The van der Waals surface area contributed by atoms with E-state index in [9.17, 15) is 4.79 Å². The van der Waals surface area contributed by atoms with Gasteiger partial charge in [-0.25, -0.2) is 0 Å². The highest BCUT2D eigenvalue weighted by Crippen LogP contribution is 2.41. The number of furan rings is 1. The second kappa shape index (κ2) is 8.27. The number of hydrogen-bond donors (Lipinski definition) is 1. The Bertz CT molecular complexity index is 1290. The number of ether oxygens (including phenoxy) is 1. The summed E-state index contributed by atoms with van der Waals surface area (Å²) in [5, 5.41) is 5.70. The van der Waals surface area contributed by atoms with Gasteiger partial charge in [-0.15, -0.1) is 0 Å². The summed E-state index contributed by atoms with van der Waals surface area (Å²) in [6.07, 6.45) is 1.19. The maximum Gasteiger partial charge on any atom is 0.258 e. The van der Waals surface area contributed by atoms with Crippen LogP contribution in [0.4, 0.5) is 5.69 Å². The molecule has 160 valence electrons. The first kappa shape index (κ1) is 19.9. The molecule has 5 heteroatoms. The van der Waals surface area contributed by atoms with Crippen LogP contribution in [0.5, 0.6) is 5.75 Å². The minimum Gasteiger partial charge on any atom is -0.489 e. The molecule has 0 saturated heterocycles. The normalized spacial score (nSPS) is 15.3. The van der Waals surface area contributed by atoms with Crippen molar-refractivity contribution in [2.75, 3.05) is 11.9 Å². The average Bonchev–Trinajstić information content (AvgIpc) is 3.32. The SMILES string of the molecule is C=C(C)COc1ccc2ccccc2c1C1Nc2ccccc2C(=O)N1Cc1ccco1. The first-order chi connectivity index (χ1) is 15.6. The molecule has 1 aliphatic rings. The minimum absolute atomic E-state index is 0.0560. The summed E-state index contributed by atoms with van der Waals surface area (Å²) >= 11 is 0.